The predicted octanol–water partition coefficient (Wildman–Crippen LogP) is 0.267. The molecule has 0 saturated heterocycles. The molecule has 0 aromatic heterocycles. The van der Waals surface area contributed by atoms with Crippen molar-refractivity contribution in [1.82, 2.24) is 0 Å². The van der Waals surface area contributed by atoms with Crippen LogP contribution in [-0.2, 0) is 0 Å². The zero-order valence-corrected chi connectivity index (χ0v) is 6.81. The van der Waals surface area contributed by atoms with Crippen molar-refractivity contribution in [1.29, 1.82) is 0 Å². The van der Waals surface area contributed by atoms with E-state index in [1.165, 1.54) is 18.2 Å². The molecule has 5 nitrogen and oxygen atoms in total. The van der Waals surface area contributed by atoms with E-state index in [0.29, 0.717) is 5.56 Å². The number of carbonyl (C=O) groups is 1. The van der Waals surface area contributed by atoms with Gasteiger partial charge in [-0.15, -0.1) is 0 Å². The fourth-order valence-corrected chi connectivity index (χ4v) is 0.965. The maximum atomic E-state index is 10.4. The molecule has 0 aliphatic rings. The van der Waals surface area contributed by atoms with Crippen LogP contribution in [0.3, 0.4) is 0 Å². The van der Waals surface area contributed by atoms with Gasteiger partial charge in [0.25, 0.3) is 5.69 Å². The molecule has 0 fully saturated rings. The van der Waals surface area contributed by atoms with E-state index in [4.69, 9.17) is 0 Å². The normalized spacial score (nSPS) is 9.62. The Morgan fingerprint density at radius 3 is 2.54 bits per heavy atom. The Kier molecular flexibility index (Phi) is 2.27. The van der Waals surface area contributed by atoms with Crippen molar-refractivity contribution < 1.29 is 14.8 Å². The topological polar surface area (TPSA) is 83.3 Å². The maximum absolute atomic E-state index is 10.4. The SMILES string of the molecule is Cc1ccc(C(=O)[O-])c([N+](=O)[O-])c1. The molecular weight excluding hydrogens is 174 g/mol. The fourth-order valence-electron chi connectivity index (χ4n) is 0.965. The summed E-state index contributed by atoms with van der Waals surface area (Å²) in [5.74, 6) is -1.54. The monoisotopic (exact) mass is 180 g/mol. The average Bonchev–Trinajstić information content (AvgIpc) is 2.03. The van der Waals surface area contributed by atoms with Crippen LogP contribution in [-0.4, -0.2) is 10.9 Å². The molecule has 0 N–H and O–H groups in total. The van der Waals surface area contributed by atoms with Gasteiger partial charge in [-0.2, -0.15) is 0 Å². The summed E-state index contributed by atoms with van der Waals surface area (Å²) in [6, 6.07) is 3.85. The van der Waals surface area contributed by atoms with Crippen molar-refractivity contribution in [3.05, 3.63) is 39.4 Å². The Bertz CT molecular complexity index is 372. The third-order valence-electron chi connectivity index (χ3n) is 1.57. The number of nitrogens with zero attached hydrogens (tertiary/aromatic N) is 1. The minimum absolute atomic E-state index is 0.393. The van der Waals surface area contributed by atoms with Gasteiger partial charge in [-0.1, -0.05) is 6.07 Å². The summed E-state index contributed by atoms with van der Waals surface area (Å²) in [5.41, 5.74) is -0.188. The second-order valence-electron chi connectivity index (χ2n) is 2.57. The van der Waals surface area contributed by atoms with Crippen LogP contribution >= 0.6 is 0 Å². The summed E-state index contributed by atoms with van der Waals surface area (Å²) in [7, 11) is 0. The summed E-state index contributed by atoms with van der Waals surface area (Å²) in [6.45, 7) is 1.64. The van der Waals surface area contributed by atoms with Gasteiger partial charge in [-0.05, 0) is 18.6 Å². The van der Waals surface area contributed by atoms with Crippen LogP contribution in [0.5, 0.6) is 0 Å². The second-order valence-corrected chi connectivity index (χ2v) is 2.57. The first-order valence-corrected chi connectivity index (χ1v) is 3.49. The summed E-state index contributed by atoms with van der Waals surface area (Å²) in [5, 5.41) is 20.8. The Balaban J connectivity index is 3.35. The van der Waals surface area contributed by atoms with Gasteiger partial charge in [0.05, 0.1) is 16.5 Å². The van der Waals surface area contributed by atoms with E-state index in [2.05, 4.69) is 0 Å². The van der Waals surface area contributed by atoms with Crippen molar-refractivity contribution in [3.8, 4) is 0 Å². The molecular formula is C8H6NO4-. The van der Waals surface area contributed by atoms with Gasteiger partial charge in [0.2, 0.25) is 0 Å². The average molecular weight is 180 g/mol. The molecule has 0 spiro atoms. The zero-order valence-electron chi connectivity index (χ0n) is 6.81. The number of nitro benzene ring substituents is 1. The van der Waals surface area contributed by atoms with Gasteiger partial charge in [0.15, 0.2) is 0 Å². The van der Waals surface area contributed by atoms with E-state index in [-0.39, 0.29) is 0 Å². The van der Waals surface area contributed by atoms with Crippen molar-refractivity contribution in [2.75, 3.05) is 0 Å². The van der Waals surface area contributed by atoms with E-state index < -0.39 is 22.1 Å². The fraction of sp³-hybridized carbons (Fsp3) is 0.125. The Hall–Kier alpha value is -1.91. The molecule has 1 rings (SSSR count). The third kappa shape index (κ3) is 1.81. The van der Waals surface area contributed by atoms with E-state index in [1.807, 2.05) is 0 Å². The molecule has 0 radical (unpaired) electrons. The number of benzene rings is 1. The highest BCUT2D eigenvalue weighted by Gasteiger charge is 2.13. The largest absolute Gasteiger partial charge is 0.545 e. The molecule has 0 bridgehead atoms. The molecule has 0 unspecified atom stereocenters. The summed E-state index contributed by atoms with van der Waals surface area (Å²) in [4.78, 5) is 20.1. The van der Waals surface area contributed by atoms with E-state index in [9.17, 15) is 20.0 Å². The van der Waals surface area contributed by atoms with E-state index in [1.54, 1.807) is 6.92 Å². The molecule has 0 amide bonds. The Morgan fingerprint density at radius 2 is 2.08 bits per heavy atom. The van der Waals surface area contributed by atoms with Crippen molar-refractivity contribution in [3.63, 3.8) is 0 Å². The first kappa shape index (κ1) is 9.18. The summed E-state index contributed by atoms with van der Waals surface area (Å²) >= 11 is 0. The lowest BCUT2D eigenvalue weighted by Crippen LogP contribution is -2.23. The molecule has 1 aromatic carbocycles. The van der Waals surface area contributed by atoms with Crippen LogP contribution in [0.25, 0.3) is 0 Å². The van der Waals surface area contributed by atoms with Gasteiger partial charge in [0, 0.05) is 6.07 Å². The minimum Gasteiger partial charge on any atom is -0.545 e. The van der Waals surface area contributed by atoms with Crippen LogP contribution < -0.4 is 5.11 Å². The molecule has 1 aromatic rings. The number of carbonyl (C=O) groups excluding carboxylic acids is 1. The van der Waals surface area contributed by atoms with Gasteiger partial charge < -0.3 is 9.90 Å². The van der Waals surface area contributed by atoms with Crippen LogP contribution in [0, 0.1) is 17.0 Å². The number of nitro groups is 1. The minimum atomic E-state index is -1.54. The van der Waals surface area contributed by atoms with Crippen LogP contribution in [0.2, 0.25) is 0 Å². The lowest BCUT2D eigenvalue weighted by Gasteiger charge is -2.03. The van der Waals surface area contributed by atoms with Gasteiger partial charge in [-0.25, -0.2) is 0 Å². The van der Waals surface area contributed by atoms with Crippen LogP contribution in [0.1, 0.15) is 15.9 Å². The van der Waals surface area contributed by atoms with Gasteiger partial charge in [-0.3, -0.25) is 10.1 Å². The number of rotatable bonds is 2. The first-order chi connectivity index (χ1) is 6.02. The highest BCUT2D eigenvalue weighted by molar-refractivity contribution is 5.90. The standard InChI is InChI=1S/C8H7NO4/c1-5-2-3-6(8(10)11)7(4-5)9(12)13/h2-4H,1H3,(H,10,11)/p-1. The van der Waals surface area contributed by atoms with Gasteiger partial charge in [0.1, 0.15) is 0 Å². The molecule has 0 aliphatic carbocycles. The van der Waals surface area contributed by atoms with E-state index in [0.717, 1.165) is 0 Å². The molecule has 0 atom stereocenters. The molecule has 68 valence electrons. The Labute approximate surface area is 73.8 Å². The smallest absolute Gasteiger partial charge is 0.278 e. The van der Waals surface area contributed by atoms with Crippen molar-refractivity contribution >= 4 is 11.7 Å². The Morgan fingerprint density at radius 1 is 1.46 bits per heavy atom. The molecule has 0 aliphatic heterocycles. The maximum Gasteiger partial charge on any atom is 0.278 e. The van der Waals surface area contributed by atoms with Crippen molar-refractivity contribution in [2.45, 2.75) is 6.92 Å². The van der Waals surface area contributed by atoms with Crippen LogP contribution in [0.4, 0.5) is 5.69 Å². The van der Waals surface area contributed by atoms with Gasteiger partial charge >= 0.3 is 0 Å². The molecule has 13 heavy (non-hydrogen) atoms. The number of aromatic carboxylic acids is 1. The summed E-state index contributed by atoms with van der Waals surface area (Å²) < 4.78 is 0. The first-order valence-electron chi connectivity index (χ1n) is 3.49. The zero-order chi connectivity index (χ0) is 10.0. The lowest BCUT2D eigenvalue weighted by atomic mass is 10.1. The number of hydrogen-bond acceptors (Lipinski definition) is 4. The van der Waals surface area contributed by atoms with Crippen LogP contribution in [0.15, 0.2) is 18.2 Å². The van der Waals surface area contributed by atoms with E-state index >= 15 is 0 Å². The third-order valence-corrected chi connectivity index (χ3v) is 1.57. The quantitative estimate of drug-likeness (QED) is 0.483. The molecule has 0 heterocycles. The predicted molar refractivity (Wildman–Crippen MR) is 42.2 cm³/mol. The summed E-state index contributed by atoms with van der Waals surface area (Å²) in [6.07, 6.45) is 0. The number of carboxylic acids is 1. The molecule has 0 saturated carbocycles. The highest BCUT2D eigenvalue weighted by atomic mass is 16.6. The number of hydrogen-bond donors (Lipinski definition) is 0. The number of aryl methyl sites for hydroxylation is 1. The number of carboxylic acid groups (broad SMARTS) is 1. The second kappa shape index (κ2) is 3.22. The van der Waals surface area contributed by atoms with Crippen molar-refractivity contribution in [2.24, 2.45) is 0 Å². The molecule has 5 heteroatoms. The highest BCUT2D eigenvalue weighted by Crippen LogP contribution is 2.18. The lowest BCUT2D eigenvalue weighted by molar-refractivity contribution is -0.385.